The fraction of sp³-hybridized carbons (Fsp3) is 0.316. The molecule has 0 fully saturated rings. The first-order chi connectivity index (χ1) is 10.7. The molecular weight excluding hydrogens is 276 g/mol. The van der Waals surface area contributed by atoms with E-state index in [1.807, 2.05) is 12.1 Å². The molecule has 0 aliphatic rings. The molecule has 0 unspecified atom stereocenters. The molecule has 3 nitrogen and oxygen atoms in total. The lowest BCUT2D eigenvalue weighted by molar-refractivity contribution is 0.0697. The molecule has 0 heterocycles. The first kappa shape index (κ1) is 16.1. The largest absolute Gasteiger partial charge is 0.478 e. The van der Waals surface area contributed by atoms with Crippen LogP contribution in [0.3, 0.4) is 0 Å². The summed E-state index contributed by atoms with van der Waals surface area (Å²) in [6.07, 6.45) is 6.17. The summed E-state index contributed by atoms with van der Waals surface area (Å²) >= 11 is 0. The summed E-state index contributed by atoms with van der Waals surface area (Å²) in [5.41, 5.74) is 1.58. The Morgan fingerprint density at radius 3 is 2.05 bits per heavy atom. The van der Waals surface area contributed by atoms with Gasteiger partial charge >= 0.3 is 5.97 Å². The summed E-state index contributed by atoms with van der Waals surface area (Å²) in [6, 6.07) is 14.5. The smallest absolute Gasteiger partial charge is 0.335 e. The minimum atomic E-state index is -0.932. The van der Waals surface area contributed by atoms with E-state index < -0.39 is 5.97 Å². The fourth-order valence-corrected chi connectivity index (χ4v) is 2.28. The van der Waals surface area contributed by atoms with Gasteiger partial charge in [0, 0.05) is 0 Å². The van der Waals surface area contributed by atoms with Crippen molar-refractivity contribution in [3.05, 3.63) is 59.7 Å². The first-order valence-corrected chi connectivity index (χ1v) is 7.79. The molecule has 22 heavy (non-hydrogen) atoms. The van der Waals surface area contributed by atoms with Crippen LogP contribution in [0.2, 0.25) is 0 Å². The van der Waals surface area contributed by atoms with Gasteiger partial charge in [0.15, 0.2) is 0 Å². The molecule has 0 bridgehead atoms. The van der Waals surface area contributed by atoms with Crippen molar-refractivity contribution in [2.24, 2.45) is 0 Å². The Hall–Kier alpha value is -2.29. The minimum absolute atomic E-state index is 0.259. The molecule has 0 radical (unpaired) electrons. The van der Waals surface area contributed by atoms with E-state index in [4.69, 9.17) is 9.84 Å². The van der Waals surface area contributed by atoms with Gasteiger partial charge in [-0.2, -0.15) is 0 Å². The highest BCUT2D eigenvalue weighted by Gasteiger charge is 2.03. The van der Waals surface area contributed by atoms with Crippen LogP contribution in [-0.4, -0.2) is 11.1 Å². The SMILES string of the molecule is CCCCCCc1ccc(Oc2ccc(C(=O)O)cc2)cc1. The van der Waals surface area contributed by atoms with Gasteiger partial charge in [-0.1, -0.05) is 38.3 Å². The highest BCUT2D eigenvalue weighted by atomic mass is 16.5. The molecule has 0 spiro atoms. The predicted octanol–water partition coefficient (Wildman–Crippen LogP) is 5.30. The Kier molecular flexibility index (Phi) is 6.01. The predicted molar refractivity (Wildman–Crippen MR) is 87.8 cm³/mol. The second kappa shape index (κ2) is 8.23. The summed E-state index contributed by atoms with van der Waals surface area (Å²) in [5.74, 6) is 0.472. The molecular formula is C19H22O3. The molecule has 0 saturated heterocycles. The summed E-state index contributed by atoms with van der Waals surface area (Å²) in [5, 5.41) is 8.86. The summed E-state index contributed by atoms with van der Waals surface area (Å²) in [4.78, 5) is 10.8. The van der Waals surface area contributed by atoms with Gasteiger partial charge in [-0.3, -0.25) is 0 Å². The molecule has 0 amide bonds. The van der Waals surface area contributed by atoms with E-state index in [0.29, 0.717) is 5.75 Å². The Morgan fingerprint density at radius 2 is 1.50 bits per heavy atom. The van der Waals surface area contributed by atoms with Gasteiger partial charge in [-0.15, -0.1) is 0 Å². The Labute approximate surface area is 131 Å². The van der Waals surface area contributed by atoms with Gasteiger partial charge in [0.25, 0.3) is 0 Å². The second-order valence-electron chi connectivity index (χ2n) is 5.39. The maximum atomic E-state index is 10.8. The normalized spacial score (nSPS) is 10.4. The summed E-state index contributed by atoms with van der Waals surface area (Å²) in [7, 11) is 0. The zero-order chi connectivity index (χ0) is 15.8. The monoisotopic (exact) mass is 298 g/mol. The molecule has 2 rings (SSSR count). The van der Waals surface area contributed by atoms with Crippen molar-refractivity contribution < 1.29 is 14.6 Å². The standard InChI is InChI=1S/C19H22O3/c1-2-3-4-5-6-15-7-11-17(12-8-15)22-18-13-9-16(10-14-18)19(20)21/h7-14H,2-6H2,1H3,(H,20,21). The molecule has 0 saturated carbocycles. The highest BCUT2D eigenvalue weighted by Crippen LogP contribution is 2.22. The van der Waals surface area contributed by atoms with E-state index in [1.54, 1.807) is 24.3 Å². The second-order valence-corrected chi connectivity index (χ2v) is 5.39. The topological polar surface area (TPSA) is 46.5 Å². The van der Waals surface area contributed by atoms with Crippen LogP contribution in [-0.2, 0) is 6.42 Å². The van der Waals surface area contributed by atoms with Crippen LogP contribution in [0, 0.1) is 0 Å². The van der Waals surface area contributed by atoms with Crippen molar-refractivity contribution in [3.63, 3.8) is 0 Å². The Morgan fingerprint density at radius 1 is 0.909 bits per heavy atom. The van der Waals surface area contributed by atoms with Crippen molar-refractivity contribution in [1.82, 2.24) is 0 Å². The first-order valence-electron chi connectivity index (χ1n) is 7.79. The quantitative estimate of drug-likeness (QED) is 0.673. The van der Waals surface area contributed by atoms with Gasteiger partial charge in [0.05, 0.1) is 5.56 Å². The maximum Gasteiger partial charge on any atom is 0.335 e. The van der Waals surface area contributed by atoms with E-state index in [-0.39, 0.29) is 5.56 Å². The molecule has 0 aliphatic heterocycles. The van der Waals surface area contributed by atoms with Crippen molar-refractivity contribution in [1.29, 1.82) is 0 Å². The zero-order valence-electron chi connectivity index (χ0n) is 12.9. The van der Waals surface area contributed by atoms with Gasteiger partial charge in [0.2, 0.25) is 0 Å². The lowest BCUT2D eigenvalue weighted by Gasteiger charge is -2.07. The lowest BCUT2D eigenvalue weighted by atomic mass is 10.1. The molecule has 2 aromatic rings. The van der Waals surface area contributed by atoms with Gasteiger partial charge < -0.3 is 9.84 Å². The number of ether oxygens (including phenoxy) is 1. The molecule has 0 aromatic heterocycles. The summed E-state index contributed by atoms with van der Waals surface area (Å²) in [6.45, 7) is 2.22. The number of carbonyl (C=O) groups is 1. The van der Waals surface area contributed by atoms with E-state index >= 15 is 0 Å². The van der Waals surface area contributed by atoms with Crippen molar-refractivity contribution in [2.75, 3.05) is 0 Å². The molecule has 1 N–H and O–H groups in total. The molecule has 3 heteroatoms. The number of aryl methyl sites for hydroxylation is 1. The minimum Gasteiger partial charge on any atom is -0.478 e. The van der Waals surface area contributed by atoms with Crippen LogP contribution in [0.5, 0.6) is 11.5 Å². The van der Waals surface area contributed by atoms with E-state index in [9.17, 15) is 4.79 Å². The maximum absolute atomic E-state index is 10.8. The average molecular weight is 298 g/mol. The van der Waals surface area contributed by atoms with E-state index in [2.05, 4.69) is 19.1 Å². The molecule has 0 aliphatic carbocycles. The van der Waals surface area contributed by atoms with E-state index in [0.717, 1.165) is 12.2 Å². The average Bonchev–Trinajstić information content (AvgIpc) is 2.54. The van der Waals surface area contributed by atoms with Crippen molar-refractivity contribution >= 4 is 5.97 Å². The third kappa shape index (κ3) is 4.92. The third-order valence-electron chi connectivity index (χ3n) is 3.58. The fourth-order valence-electron chi connectivity index (χ4n) is 2.28. The number of hydrogen-bond acceptors (Lipinski definition) is 2. The van der Waals surface area contributed by atoms with Gasteiger partial charge in [0.1, 0.15) is 11.5 Å². The third-order valence-corrected chi connectivity index (χ3v) is 3.58. The molecule has 0 atom stereocenters. The summed E-state index contributed by atoms with van der Waals surface area (Å²) < 4.78 is 5.72. The number of hydrogen-bond donors (Lipinski definition) is 1. The van der Waals surface area contributed by atoms with Crippen LogP contribution in [0.4, 0.5) is 0 Å². The number of benzene rings is 2. The molecule has 116 valence electrons. The zero-order valence-corrected chi connectivity index (χ0v) is 12.9. The number of carboxylic acid groups (broad SMARTS) is 1. The van der Waals surface area contributed by atoms with Crippen LogP contribution < -0.4 is 4.74 Å². The number of carboxylic acids is 1. The van der Waals surface area contributed by atoms with Gasteiger partial charge in [-0.05, 0) is 54.8 Å². The molecule has 2 aromatic carbocycles. The van der Waals surface area contributed by atoms with Crippen LogP contribution >= 0.6 is 0 Å². The van der Waals surface area contributed by atoms with Crippen LogP contribution in [0.1, 0.15) is 48.5 Å². The Balaban J connectivity index is 1.89. The van der Waals surface area contributed by atoms with Crippen LogP contribution in [0.15, 0.2) is 48.5 Å². The van der Waals surface area contributed by atoms with E-state index in [1.165, 1.54) is 31.2 Å². The highest BCUT2D eigenvalue weighted by molar-refractivity contribution is 5.87. The van der Waals surface area contributed by atoms with Crippen molar-refractivity contribution in [2.45, 2.75) is 39.0 Å². The van der Waals surface area contributed by atoms with Crippen molar-refractivity contribution in [3.8, 4) is 11.5 Å². The number of aromatic carboxylic acids is 1. The lowest BCUT2D eigenvalue weighted by Crippen LogP contribution is -1.95. The van der Waals surface area contributed by atoms with Crippen LogP contribution in [0.25, 0.3) is 0 Å². The van der Waals surface area contributed by atoms with Gasteiger partial charge in [-0.25, -0.2) is 4.79 Å². The number of rotatable bonds is 8. The number of unbranched alkanes of at least 4 members (excludes halogenated alkanes) is 3. The Bertz CT molecular complexity index is 585.